The van der Waals surface area contributed by atoms with Crippen molar-refractivity contribution < 1.29 is 4.74 Å². The molecular weight excluding hydrogens is 236 g/mol. The molecule has 3 N–H and O–H groups in total. The van der Waals surface area contributed by atoms with Crippen molar-refractivity contribution in [1.82, 2.24) is 9.97 Å². The van der Waals surface area contributed by atoms with E-state index in [0.717, 1.165) is 18.8 Å². The Balaban J connectivity index is 2.20. The minimum atomic E-state index is -0.0868. The molecule has 0 amide bonds. The second kappa shape index (κ2) is 4.70. The Morgan fingerprint density at radius 1 is 1.59 bits per heavy atom. The SMILES string of the molecule is CSc1nc(N)cc(NC2(C)CCOC2C)n1. The number of rotatable bonds is 3. The van der Waals surface area contributed by atoms with Crippen LogP contribution in [-0.4, -0.2) is 34.5 Å². The predicted octanol–water partition coefficient (Wildman–Crippen LogP) is 1.76. The Labute approximate surface area is 106 Å². The number of hydrogen-bond donors (Lipinski definition) is 2. The third kappa shape index (κ3) is 2.63. The number of nitrogens with zero attached hydrogens (tertiary/aromatic N) is 2. The number of aromatic nitrogens is 2. The summed E-state index contributed by atoms with van der Waals surface area (Å²) in [6.45, 7) is 4.99. The van der Waals surface area contributed by atoms with Crippen molar-refractivity contribution in [2.45, 2.75) is 37.1 Å². The molecule has 94 valence electrons. The average molecular weight is 254 g/mol. The van der Waals surface area contributed by atoms with Crippen LogP contribution in [0.15, 0.2) is 11.2 Å². The van der Waals surface area contributed by atoms with Gasteiger partial charge < -0.3 is 15.8 Å². The van der Waals surface area contributed by atoms with Crippen LogP contribution in [0.3, 0.4) is 0 Å². The molecule has 17 heavy (non-hydrogen) atoms. The van der Waals surface area contributed by atoms with E-state index in [1.807, 2.05) is 6.26 Å². The fourth-order valence-corrected chi connectivity index (χ4v) is 2.28. The molecule has 2 rings (SSSR count). The normalized spacial score (nSPS) is 28.3. The van der Waals surface area contributed by atoms with E-state index >= 15 is 0 Å². The van der Waals surface area contributed by atoms with Crippen LogP contribution in [0.4, 0.5) is 11.6 Å². The van der Waals surface area contributed by atoms with E-state index in [0.29, 0.717) is 11.0 Å². The van der Waals surface area contributed by atoms with Crippen molar-refractivity contribution in [3.8, 4) is 0 Å². The molecule has 0 saturated carbocycles. The van der Waals surface area contributed by atoms with Gasteiger partial charge in [0.05, 0.1) is 11.6 Å². The van der Waals surface area contributed by atoms with E-state index < -0.39 is 0 Å². The maximum atomic E-state index is 5.75. The van der Waals surface area contributed by atoms with Gasteiger partial charge in [0.1, 0.15) is 11.6 Å². The largest absolute Gasteiger partial charge is 0.383 e. The predicted molar refractivity (Wildman–Crippen MR) is 70.3 cm³/mol. The van der Waals surface area contributed by atoms with Gasteiger partial charge in [0, 0.05) is 12.7 Å². The monoisotopic (exact) mass is 254 g/mol. The van der Waals surface area contributed by atoms with Gasteiger partial charge >= 0.3 is 0 Å². The highest BCUT2D eigenvalue weighted by molar-refractivity contribution is 7.98. The number of nitrogens with two attached hydrogens (primary N) is 1. The molecule has 0 aromatic carbocycles. The zero-order valence-electron chi connectivity index (χ0n) is 10.4. The summed E-state index contributed by atoms with van der Waals surface area (Å²) in [6.07, 6.45) is 3.06. The molecule has 1 saturated heterocycles. The smallest absolute Gasteiger partial charge is 0.191 e. The van der Waals surface area contributed by atoms with Gasteiger partial charge in [0.2, 0.25) is 0 Å². The first-order valence-electron chi connectivity index (χ1n) is 5.62. The third-order valence-corrected chi connectivity index (χ3v) is 3.76. The maximum Gasteiger partial charge on any atom is 0.191 e. The standard InChI is InChI=1S/C11H18N4OS/c1-7-11(2,4-5-16-7)15-9-6-8(12)13-10(14-9)17-3/h6-7H,4-5H2,1-3H3,(H3,12,13,14,15). The van der Waals surface area contributed by atoms with E-state index in [4.69, 9.17) is 10.5 Å². The Hall–Kier alpha value is -1.01. The lowest BCUT2D eigenvalue weighted by molar-refractivity contribution is 0.105. The minimum absolute atomic E-state index is 0.0868. The molecule has 0 radical (unpaired) electrons. The van der Waals surface area contributed by atoms with Gasteiger partial charge in [-0.05, 0) is 26.5 Å². The number of ether oxygens (including phenoxy) is 1. The summed E-state index contributed by atoms with van der Waals surface area (Å²) in [4.78, 5) is 8.53. The molecule has 1 aliphatic rings. The Bertz CT molecular complexity index is 414. The fourth-order valence-electron chi connectivity index (χ4n) is 1.89. The summed E-state index contributed by atoms with van der Waals surface area (Å²) >= 11 is 1.48. The first kappa shape index (κ1) is 12.4. The molecule has 0 spiro atoms. The van der Waals surface area contributed by atoms with Gasteiger partial charge in [-0.25, -0.2) is 9.97 Å². The van der Waals surface area contributed by atoms with Crippen molar-refractivity contribution in [2.75, 3.05) is 23.9 Å². The van der Waals surface area contributed by atoms with Crippen molar-refractivity contribution >= 4 is 23.4 Å². The highest BCUT2D eigenvalue weighted by atomic mass is 32.2. The lowest BCUT2D eigenvalue weighted by Gasteiger charge is -2.29. The Morgan fingerprint density at radius 2 is 2.35 bits per heavy atom. The highest BCUT2D eigenvalue weighted by Gasteiger charge is 2.37. The molecule has 2 heterocycles. The third-order valence-electron chi connectivity index (χ3n) is 3.21. The average Bonchev–Trinajstić information content (AvgIpc) is 2.58. The van der Waals surface area contributed by atoms with Gasteiger partial charge in [-0.15, -0.1) is 0 Å². The van der Waals surface area contributed by atoms with E-state index in [2.05, 4.69) is 29.1 Å². The van der Waals surface area contributed by atoms with Gasteiger partial charge in [-0.2, -0.15) is 0 Å². The van der Waals surface area contributed by atoms with Crippen LogP contribution in [0.2, 0.25) is 0 Å². The summed E-state index contributed by atoms with van der Waals surface area (Å²) in [5.41, 5.74) is 5.66. The van der Waals surface area contributed by atoms with Crippen LogP contribution in [0, 0.1) is 0 Å². The second-order valence-electron chi connectivity index (χ2n) is 4.47. The lowest BCUT2D eigenvalue weighted by Crippen LogP contribution is -2.41. The van der Waals surface area contributed by atoms with E-state index in [1.165, 1.54) is 11.8 Å². The van der Waals surface area contributed by atoms with Crippen molar-refractivity contribution in [3.63, 3.8) is 0 Å². The van der Waals surface area contributed by atoms with Gasteiger partial charge in [0.15, 0.2) is 5.16 Å². The molecule has 0 aliphatic carbocycles. The molecule has 5 nitrogen and oxygen atoms in total. The topological polar surface area (TPSA) is 73.1 Å². The van der Waals surface area contributed by atoms with E-state index in [9.17, 15) is 0 Å². The molecule has 1 aromatic rings. The van der Waals surface area contributed by atoms with Gasteiger partial charge in [-0.1, -0.05) is 11.8 Å². The van der Waals surface area contributed by atoms with Crippen molar-refractivity contribution in [3.05, 3.63) is 6.07 Å². The Morgan fingerprint density at radius 3 is 2.94 bits per heavy atom. The minimum Gasteiger partial charge on any atom is -0.383 e. The van der Waals surface area contributed by atoms with Gasteiger partial charge in [-0.3, -0.25) is 0 Å². The van der Waals surface area contributed by atoms with Crippen LogP contribution in [0.25, 0.3) is 0 Å². The number of nitrogen functional groups attached to an aromatic ring is 1. The zero-order valence-corrected chi connectivity index (χ0v) is 11.2. The van der Waals surface area contributed by atoms with Crippen molar-refractivity contribution in [1.29, 1.82) is 0 Å². The van der Waals surface area contributed by atoms with E-state index in [1.54, 1.807) is 6.07 Å². The van der Waals surface area contributed by atoms with E-state index in [-0.39, 0.29) is 11.6 Å². The molecule has 1 aromatic heterocycles. The molecule has 2 atom stereocenters. The lowest BCUT2D eigenvalue weighted by atomic mass is 9.95. The van der Waals surface area contributed by atoms with Crippen LogP contribution < -0.4 is 11.1 Å². The maximum absolute atomic E-state index is 5.75. The summed E-state index contributed by atoms with van der Waals surface area (Å²) in [5, 5.41) is 4.10. The molecule has 1 fully saturated rings. The van der Waals surface area contributed by atoms with Crippen LogP contribution in [-0.2, 0) is 4.74 Å². The quantitative estimate of drug-likeness (QED) is 0.632. The van der Waals surface area contributed by atoms with Crippen LogP contribution in [0.1, 0.15) is 20.3 Å². The van der Waals surface area contributed by atoms with Gasteiger partial charge in [0.25, 0.3) is 0 Å². The zero-order chi connectivity index (χ0) is 12.5. The first-order valence-corrected chi connectivity index (χ1v) is 6.84. The van der Waals surface area contributed by atoms with Crippen LogP contribution >= 0.6 is 11.8 Å². The van der Waals surface area contributed by atoms with Crippen LogP contribution in [0.5, 0.6) is 0 Å². The summed E-state index contributed by atoms with van der Waals surface area (Å²) < 4.78 is 5.59. The molecule has 0 bridgehead atoms. The Kier molecular flexibility index (Phi) is 3.44. The number of hydrogen-bond acceptors (Lipinski definition) is 6. The molecule has 6 heteroatoms. The number of thioether (sulfide) groups is 1. The molecular formula is C11H18N4OS. The first-order chi connectivity index (χ1) is 8.03. The number of anilines is 2. The summed E-state index contributed by atoms with van der Waals surface area (Å²) in [7, 11) is 0. The van der Waals surface area contributed by atoms with Crippen molar-refractivity contribution in [2.24, 2.45) is 0 Å². The second-order valence-corrected chi connectivity index (χ2v) is 5.24. The summed E-state index contributed by atoms with van der Waals surface area (Å²) in [5.74, 6) is 1.25. The number of nitrogens with one attached hydrogen (secondary N) is 1. The molecule has 1 aliphatic heterocycles. The molecule has 2 unspecified atom stereocenters. The summed E-state index contributed by atoms with van der Waals surface area (Å²) in [6, 6.07) is 1.76. The highest BCUT2D eigenvalue weighted by Crippen LogP contribution is 2.29. The fraction of sp³-hybridized carbons (Fsp3) is 0.636.